The van der Waals surface area contributed by atoms with Crippen molar-refractivity contribution in [2.24, 2.45) is 0 Å². The summed E-state index contributed by atoms with van der Waals surface area (Å²) in [5, 5.41) is 3.27. The molecule has 7 nitrogen and oxygen atoms in total. The van der Waals surface area contributed by atoms with Crippen molar-refractivity contribution in [2.75, 3.05) is 22.5 Å². The predicted octanol–water partition coefficient (Wildman–Crippen LogP) is 3.50. The SMILES string of the molecule is CCOC(=O)c1c(NC(=O)c2ccc3c(c2)CC(C)N3S(C)(=O)=O)sc(C)c1C. The van der Waals surface area contributed by atoms with Gasteiger partial charge in [0, 0.05) is 16.5 Å². The van der Waals surface area contributed by atoms with E-state index in [1.165, 1.54) is 21.9 Å². The number of amides is 1. The van der Waals surface area contributed by atoms with E-state index in [0.29, 0.717) is 28.2 Å². The van der Waals surface area contributed by atoms with Gasteiger partial charge in [-0.1, -0.05) is 0 Å². The van der Waals surface area contributed by atoms with Crippen LogP contribution in [0.25, 0.3) is 0 Å². The summed E-state index contributed by atoms with van der Waals surface area (Å²) >= 11 is 1.33. The van der Waals surface area contributed by atoms with E-state index in [1.807, 2.05) is 20.8 Å². The van der Waals surface area contributed by atoms with Gasteiger partial charge in [0.15, 0.2) is 0 Å². The van der Waals surface area contributed by atoms with Crippen LogP contribution in [0.2, 0.25) is 0 Å². The molecule has 1 atom stereocenters. The minimum Gasteiger partial charge on any atom is -0.462 e. The fourth-order valence-corrected chi connectivity index (χ4v) is 5.90. The van der Waals surface area contributed by atoms with Crippen molar-refractivity contribution in [3.05, 3.63) is 45.3 Å². The number of carbonyl (C=O) groups excluding carboxylic acids is 2. The number of hydrogen-bond donors (Lipinski definition) is 1. The van der Waals surface area contributed by atoms with Crippen molar-refractivity contribution in [1.29, 1.82) is 0 Å². The van der Waals surface area contributed by atoms with E-state index in [0.717, 1.165) is 16.0 Å². The Kier molecular flexibility index (Phi) is 5.73. The van der Waals surface area contributed by atoms with Crippen molar-refractivity contribution in [3.8, 4) is 0 Å². The molecule has 0 aliphatic carbocycles. The van der Waals surface area contributed by atoms with Gasteiger partial charge in [-0.05, 0) is 63.4 Å². The number of sulfonamides is 1. The number of rotatable bonds is 5. The maximum atomic E-state index is 12.8. The first kappa shape index (κ1) is 21.3. The van der Waals surface area contributed by atoms with Gasteiger partial charge in [0.1, 0.15) is 5.00 Å². The lowest BCUT2D eigenvalue weighted by Crippen LogP contribution is -2.34. The van der Waals surface area contributed by atoms with Gasteiger partial charge in [0.25, 0.3) is 5.91 Å². The molecule has 2 aromatic rings. The molecule has 2 heterocycles. The summed E-state index contributed by atoms with van der Waals surface area (Å²) in [4.78, 5) is 26.1. The smallest absolute Gasteiger partial charge is 0.341 e. The van der Waals surface area contributed by atoms with Crippen molar-refractivity contribution < 1.29 is 22.7 Å². The Bertz CT molecular complexity index is 1090. The number of anilines is 2. The number of ether oxygens (including phenoxy) is 1. The van der Waals surface area contributed by atoms with Gasteiger partial charge in [-0.2, -0.15) is 0 Å². The van der Waals surface area contributed by atoms with E-state index in [-0.39, 0.29) is 18.6 Å². The maximum Gasteiger partial charge on any atom is 0.341 e. The van der Waals surface area contributed by atoms with Crippen molar-refractivity contribution in [1.82, 2.24) is 0 Å². The molecule has 1 N–H and O–H groups in total. The topological polar surface area (TPSA) is 92.8 Å². The third kappa shape index (κ3) is 4.02. The number of hydrogen-bond acceptors (Lipinski definition) is 6. The lowest BCUT2D eigenvalue weighted by atomic mass is 10.1. The van der Waals surface area contributed by atoms with Gasteiger partial charge in [-0.3, -0.25) is 9.10 Å². The van der Waals surface area contributed by atoms with Gasteiger partial charge in [-0.25, -0.2) is 13.2 Å². The molecule has 3 rings (SSSR count). The Morgan fingerprint density at radius 3 is 2.62 bits per heavy atom. The predicted molar refractivity (Wildman–Crippen MR) is 115 cm³/mol. The summed E-state index contributed by atoms with van der Waals surface area (Å²) < 4.78 is 30.6. The van der Waals surface area contributed by atoms with E-state index < -0.39 is 16.0 Å². The van der Waals surface area contributed by atoms with Crippen LogP contribution in [0.15, 0.2) is 18.2 Å². The molecule has 9 heteroatoms. The Hall–Kier alpha value is -2.39. The first-order valence-electron chi connectivity index (χ1n) is 9.25. The number of fused-ring (bicyclic) bond motifs is 1. The number of nitrogens with zero attached hydrogens (tertiary/aromatic N) is 1. The largest absolute Gasteiger partial charge is 0.462 e. The van der Waals surface area contributed by atoms with E-state index >= 15 is 0 Å². The molecule has 0 saturated heterocycles. The minimum absolute atomic E-state index is 0.198. The summed E-state index contributed by atoms with van der Waals surface area (Å²) in [6, 6.07) is 4.77. The Labute approximate surface area is 174 Å². The number of esters is 1. The number of thiophene rings is 1. The number of nitrogens with one attached hydrogen (secondary N) is 1. The molecule has 1 aliphatic rings. The fraction of sp³-hybridized carbons (Fsp3) is 0.400. The third-order valence-electron chi connectivity index (χ3n) is 4.94. The first-order chi connectivity index (χ1) is 13.5. The zero-order chi connectivity index (χ0) is 21.5. The first-order valence-corrected chi connectivity index (χ1v) is 11.9. The fourth-order valence-electron chi connectivity index (χ4n) is 3.59. The Morgan fingerprint density at radius 1 is 1.31 bits per heavy atom. The molecule has 1 aromatic heterocycles. The van der Waals surface area contributed by atoms with Crippen LogP contribution < -0.4 is 9.62 Å². The third-order valence-corrected chi connectivity index (χ3v) is 7.34. The van der Waals surface area contributed by atoms with Crippen LogP contribution in [-0.4, -0.2) is 39.2 Å². The lowest BCUT2D eigenvalue weighted by Gasteiger charge is -2.21. The van der Waals surface area contributed by atoms with Crippen LogP contribution >= 0.6 is 11.3 Å². The van der Waals surface area contributed by atoms with E-state index in [2.05, 4.69) is 5.32 Å². The molecule has 0 spiro atoms. The van der Waals surface area contributed by atoms with E-state index in [1.54, 1.807) is 25.1 Å². The standard InChI is InChI=1S/C20H24N2O5S2/c1-6-27-20(24)17-12(3)13(4)28-19(17)21-18(23)14-7-8-16-15(10-14)9-11(2)22(16)29(5,25)26/h7-8,10-11H,6,9H2,1-5H3,(H,21,23). The van der Waals surface area contributed by atoms with Crippen LogP contribution in [0.1, 0.15) is 50.6 Å². The molecule has 29 heavy (non-hydrogen) atoms. The Balaban J connectivity index is 1.90. The van der Waals surface area contributed by atoms with Gasteiger partial charge in [0.2, 0.25) is 10.0 Å². The van der Waals surface area contributed by atoms with E-state index in [4.69, 9.17) is 4.74 Å². The number of carbonyl (C=O) groups is 2. The average Bonchev–Trinajstić information content (AvgIpc) is 3.09. The lowest BCUT2D eigenvalue weighted by molar-refractivity contribution is 0.0527. The highest BCUT2D eigenvalue weighted by atomic mass is 32.2. The minimum atomic E-state index is -3.39. The molecule has 1 aromatic carbocycles. The summed E-state index contributed by atoms with van der Waals surface area (Å²) in [6.45, 7) is 7.53. The van der Waals surface area contributed by atoms with Crippen LogP contribution in [0.3, 0.4) is 0 Å². The van der Waals surface area contributed by atoms with Crippen molar-refractivity contribution in [3.63, 3.8) is 0 Å². The highest BCUT2D eigenvalue weighted by molar-refractivity contribution is 7.92. The number of aryl methyl sites for hydroxylation is 1. The second-order valence-electron chi connectivity index (χ2n) is 7.12. The molecular formula is C20H24N2O5S2. The summed E-state index contributed by atoms with van der Waals surface area (Å²) in [7, 11) is -3.39. The average molecular weight is 437 g/mol. The zero-order valence-electron chi connectivity index (χ0n) is 17.0. The van der Waals surface area contributed by atoms with Crippen LogP contribution in [0, 0.1) is 13.8 Å². The molecule has 1 amide bonds. The maximum absolute atomic E-state index is 12.8. The second kappa shape index (κ2) is 7.79. The van der Waals surface area contributed by atoms with Gasteiger partial charge < -0.3 is 10.1 Å². The van der Waals surface area contributed by atoms with Crippen LogP contribution in [-0.2, 0) is 21.2 Å². The number of benzene rings is 1. The molecular weight excluding hydrogens is 412 g/mol. The summed E-state index contributed by atoms with van der Waals surface area (Å²) in [6.07, 6.45) is 1.71. The van der Waals surface area contributed by atoms with Crippen LogP contribution in [0.4, 0.5) is 10.7 Å². The molecule has 0 radical (unpaired) electrons. The summed E-state index contributed by atoms with van der Waals surface area (Å²) in [5.41, 5.74) is 2.98. The highest BCUT2D eigenvalue weighted by Crippen LogP contribution is 2.36. The molecule has 0 fully saturated rings. The van der Waals surface area contributed by atoms with Crippen LogP contribution in [0.5, 0.6) is 0 Å². The highest BCUT2D eigenvalue weighted by Gasteiger charge is 2.33. The van der Waals surface area contributed by atoms with E-state index in [9.17, 15) is 18.0 Å². The monoisotopic (exact) mass is 436 g/mol. The van der Waals surface area contributed by atoms with Gasteiger partial charge >= 0.3 is 5.97 Å². The molecule has 1 aliphatic heterocycles. The van der Waals surface area contributed by atoms with Gasteiger partial charge in [0.05, 0.1) is 24.1 Å². The molecule has 1 unspecified atom stereocenters. The van der Waals surface area contributed by atoms with Gasteiger partial charge in [-0.15, -0.1) is 11.3 Å². The summed E-state index contributed by atoms with van der Waals surface area (Å²) in [5.74, 6) is -0.818. The van der Waals surface area contributed by atoms with Crippen molar-refractivity contribution in [2.45, 2.75) is 40.2 Å². The zero-order valence-corrected chi connectivity index (χ0v) is 18.7. The normalized spacial score (nSPS) is 15.9. The Morgan fingerprint density at radius 2 is 2.00 bits per heavy atom. The van der Waals surface area contributed by atoms with Crippen molar-refractivity contribution >= 4 is 43.9 Å². The quantitative estimate of drug-likeness (QED) is 0.724. The molecule has 0 saturated carbocycles. The molecule has 156 valence electrons. The second-order valence-corrected chi connectivity index (χ2v) is 10.2. The molecule has 0 bridgehead atoms.